The molecule has 0 saturated carbocycles. The van der Waals surface area contributed by atoms with Crippen molar-refractivity contribution in [2.45, 2.75) is 25.5 Å². The van der Waals surface area contributed by atoms with Crippen molar-refractivity contribution in [3.8, 4) is 5.75 Å². The zero-order valence-electron chi connectivity index (χ0n) is 9.72. The van der Waals surface area contributed by atoms with Crippen LogP contribution in [0.1, 0.15) is 18.5 Å². The first-order valence-corrected chi connectivity index (χ1v) is 5.78. The number of likely N-dealkylation sites (tertiary alicyclic amines) is 1. The zero-order valence-corrected chi connectivity index (χ0v) is 9.72. The first-order valence-electron chi connectivity index (χ1n) is 5.78. The SMILES string of the molecule is CN1CCC(Oc2ccnc(CN)c2)CC1. The van der Waals surface area contributed by atoms with Gasteiger partial charge in [-0.25, -0.2) is 0 Å². The number of nitrogens with zero attached hydrogens (tertiary/aromatic N) is 2. The van der Waals surface area contributed by atoms with Crippen LogP contribution in [-0.4, -0.2) is 36.1 Å². The number of ether oxygens (including phenoxy) is 1. The average Bonchev–Trinajstić information content (AvgIpc) is 2.32. The van der Waals surface area contributed by atoms with Gasteiger partial charge in [0.1, 0.15) is 11.9 Å². The van der Waals surface area contributed by atoms with Crippen LogP contribution in [0.5, 0.6) is 5.75 Å². The zero-order chi connectivity index (χ0) is 11.4. The van der Waals surface area contributed by atoms with Crippen molar-refractivity contribution < 1.29 is 4.74 Å². The molecule has 1 aliphatic rings. The Balaban J connectivity index is 1.93. The molecule has 1 aromatic heterocycles. The molecule has 0 radical (unpaired) electrons. The average molecular weight is 221 g/mol. The monoisotopic (exact) mass is 221 g/mol. The molecule has 1 fully saturated rings. The summed E-state index contributed by atoms with van der Waals surface area (Å²) < 4.78 is 5.92. The molecule has 0 bridgehead atoms. The molecule has 1 aliphatic heterocycles. The Kier molecular flexibility index (Phi) is 3.74. The summed E-state index contributed by atoms with van der Waals surface area (Å²) in [6, 6.07) is 3.83. The Hall–Kier alpha value is -1.13. The quantitative estimate of drug-likeness (QED) is 0.827. The van der Waals surface area contributed by atoms with Gasteiger partial charge >= 0.3 is 0 Å². The standard InChI is InChI=1S/C12H19N3O/c1-15-6-3-11(4-7-15)16-12-2-5-14-10(8-12)9-13/h2,5,8,11H,3-4,6-7,9,13H2,1H3. The summed E-state index contributed by atoms with van der Waals surface area (Å²) in [5, 5.41) is 0. The lowest BCUT2D eigenvalue weighted by molar-refractivity contribution is 0.114. The van der Waals surface area contributed by atoms with Crippen LogP contribution in [0, 0.1) is 0 Å². The maximum Gasteiger partial charge on any atom is 0.123 e. The summed E-state index contributed by atoms with van der Waals surface area (Å²) in [6.07, 6.45) is 4.28. The number of rotatable bonds is 3. The molecule has 2 rings (SSSR count). The molecule has 0 amide bonds. The van der Waals surface area contributed by atoms with E-state index in [2.05, 4.69) is 16.9 Å². The largest absolute Gasteiger partial charge is 0.490 e. The topological polar surface area (TPSA) is 51.4 Å². The molecule has 0 atom stereocenters. The molecule has 16 heavy (non-hydrogen) atoms. The van der Waals surface area contributed by atoms with E-state index >= 15 is 0 Å². The second-order valence-corrected chi connectivity index (χ2v) is 4.31. The second kappa shape index (κ2) is 5.27. The molecule has 88 valence electrons. The fourth-order valence-electron chi connectivity index (χ4n) is 1.94. The molecular weight excluding hydrogens is 202 g/mol. The Bertz CT molecular complexity index is 335. The van der Waals surface area contributed by atoms with E-state index in [1.54, 1.807) is 6.20 Å². The summed E-state index contributed by atoms with van der Waals surface area (Å²) in [5.41, 5.74) is 6.43. The van der Waals surface area contributed by atoms with Gasteiger partial charge in [-0.3, -0.25) is 4.98 Å². The van der Waals surface area contributed by atoms with Crippen LogP contribution in [0.15, 0.2) is 18.3 Å². The van der Waals surface area contributed by atoms with Crippen LogP contribution < -0.4 is 10.5 Å². The minimum absolute atomic E-state index is 0.337. The van der Waals surface area contributed by atoms with Gasteiger partial charge in [0.05, 0.1) is 5.69 Å². The predicted molar refractivity (Wildman–Crippen MR) is 63.3 cm³/mol. The van der Waals surface area contributed by atoms with Crippen molar-refractivity contribution in [2.24, 2.45) is 5.73 Å². The Morgan fingerprint density at radius 2 is 2.25 bits per heavy atom. The second-order valence-electron chi connectivity index (χ2n) is 4.31. The molecule has 0 unspecified atom stereocenters. The van der Waals surface area contributed by atoms with Crippen LogP contribution in [0.3, 0.4) is 0 Å². The van der Waals surface area contributed by atoms with E-state index in [-0.39, 0.29) is 0 Å². The van der Waals surface area contributed by atoms with Crippen LogP contribution in [-0.2, 0) is 6.54 Å². The van der Waals surface area contributed by atoms with Crippen LogP contribution in [0.2, 0.25) is 0 Å². The summed E-state index contributed by atoms with van der Waals surface area (Å²) in [7, 11) is 2.15. The predicted octanol–water partition coefficient (Wildman–Crippen LogP) is 1.01. The Morgan fingerprint density at radius 3 is 2.94 bits per heavy atom. The first kappa shape index (κ1) is 11.4. The van der Waals surface area contributed by atoms with Crippen LogP contribution in [0.4, 0.5) is 0 Å². The van der Waals surface area contributed by atoms with Gasteiger partial charge in [-0.2, -0.15) is 0 Å². The molecule has 1 aromatic rings. The summed E-state index contributed by atoms with van der Waals surface area (Å²) in [6.45, 7) is 2.68. The van der Waals surface area contributed by atoms with E-state index in [9.17, 15) is 0 Å². The maximum absolute atomic E-state index is 5.92. The van der Waals surface area contributed by atoms with Crippen LogP contribution in [0.25, 0.3) is 0 Å². The Labute approximate surface area is 96.4 Å². The number of piperidine rings is 1. The molecule has 0 aromatic carbocycles. The third-order valence-electron chi connectivity index (χ3n) is 2.97. The van der Waals surface area contributed by atoms with Gasteiger partial charge in [0, 0.05) is 31.9 Å². The van der Waals surface area contributed by atoms with Crippen molar-refractivity contribution in [1.82, 2.24) is 9.88 Å². The van der Waals surface area contributed by atoms with Gasteiger partial charge in [0.15, 0.2) is 0 Å². The lowest BCUT2D eigenvalue weighted by Crippen LogP contribution is -2.35. The highest BCUT2D eigenvalue weighted by atomic mass is 16.5. The third kappa shape index (κ3) is 2.93. The van der Waals surface area contributed by atoms with Gasteiger partial charge in [-0.15, -0.1) is 0 Å². The van der Waals surface area contributed by atoms with Crippen molar-refractivity contribution in [1.29, 1.82) is 0 Å². The lowest BCUT2D eigenvalue weighted by atomic mass is 10.1. The minimum atomic E-state index is 0.337. The lowest BCUT2D eigenvalue weighted by Gasteiger charge is -2.29. The summed E-state index contributed by atoms with van der Waals surface area (Å²) in [4.78, 5) is 6.48. The third-order valence-corrected chi connectivity index (χ3v) is 2.97. The van der Waals surface area contributed by atoms with Gasteiger partial charge in [-0.1, -0.05) is 0 Å². The van der Waals surface area contributed by atoms with E-state index in [0.29, 0.717) is 12.6 Å². The molecule has 0 aliphatic carbocycles. The van der Waals surface area contributed by atoms with E-state index in [0.717, 1.165) is 37.4 Å². The van der Waals surface area contributed by atoms with Gasteiger partial charge in [0.2, 0.25) is 0 Å². The highest BCUT2D eigenvalue weighted by molar-refractivity contribution is 5.22. The molecule has 4 heteroatoms. The highest BCUT2D eigenvalue weighted by Crippen LogP contribution is 2.18. The van der Waals surface area contributed by atoms with E-state index in [1.807, 2.05) is 12.1 Å². The van der Waals surface area contributed by atoms with Crippen molar-refractivity contribution in [3.05, 3.63) is 24.0 Å². The van der Waals surface area contributed by atoms with Gasteiger partial charge < -0.3 is 15.4 Å². The molecule has 4 nitrogen and oxygen atoms in total. The first-order chi connectivity index (χ1) is 7.78. The van der Waals surface area contributed by atoms with E-state index in [1.165, 1.54) is 0 Å². The smallest absolute Gasteiger partial charge is 0.123 e. The van der Waals surface area contributed by atoms with Crippen molar-refractivity contribution in [2.75, 3.05) is 20.1 Å². The fraction of sp³-hybridized carbons (Fsp3) is 0.583. The van der Waals surface area contributed by atoms with E-state index < -0.39 is 0 Å². The minimum Gasteiger partial charge on any atom is -0.490 e. The molecule has 0 spiro atoms. The van der Waals surface area contributed by atoms with Crippen LogP contribution >= 0.6 is 0 Å². The number of hydrogen-bond donors (Lipinski definition) is 1. The molecule has 2 N–H and O–H groups in total. The van der Waals surface area contributed by atoms with Gasteiger partial charge in [0.25, 0.3) is 0 Å². The molecular formula is C12H19N3O. The molecule has 2 heterocycles. The van der Waals surface area contributed by atoms with E-state index in [4.69, 9.17) is 10.5 Å². The highest BCUT2D eigenvalue weighted by Gasteiger charge is 2.17. The van der Waals surface area contributed by atoms with Crippen molar-refractivity contribution >= 4 is 0 Å². The summed E-state index contributed by atoms with van der Waals surface area (Å²) in [5.74, 6) is 0.894. The number of aromatic nitrogens is 1. The van der Waals surface area contributed by atoms with Crippen molar-refractivity contribution in [3.63, 3.8) is 0 Å². The fourth-order valence-corrected chi connectivity index (χ4v) is 1.94. The van der Waals surface area contributed by atoms with Gasteiger partial charge in [-0.05, 0) is 26.0 Å². The normalized spacial score (nSPS) is 18.6. The Morgan fingerprint density at radius 1 is 1.50 bits per heavy atom. The number of hydrogen-bond acceptors (Lipinski definition) is 4. The molecule has 1 saturated heterocycles. The number of pyridine rings is 1. The maximum atomic E-state index is 5.92. The summed E-state index contributed by atoms with van der Waals surface area (Å²) >= 11 is 0. The number of nitrogens with two attached hydrogens (primary N) is 1.